The molecule has 0 aliphatic rings. The number of carbonyl (C=O) groups excluding carboxylic acids is 1. The molecule has 5 heteroatoms. The van der Waals surface area contributed by atoms with E-state index < -0.39 is 0 Å². The number of unbranched alkanes of at least 4 members (excludes halogenated alkanes) is 1. The third-order valence-corrected chi connectivity index (χ3v) is 3.61. The number of benzene rings is 1. The van der Waals surface area contributed by atoms with Crippen LogP contribution in [0.2, 0.25) is 0 Å². The third kappa shape index (κ3) is 5.93. The van der Waals surface area contributed by atoms with E-state index in [0.29, 0.717) is 30.2 Å². The van der Waals surface area contributed by atoms with Crippen LogP contribution in [-0.2, 0) is 0 Å². The van der Waals surface area contributed by atoms with Gasteiger partial charge in [0, 0.05) is 24.8 Å². The molecule has 0 spiro atoms. The molecule has 0 aliphatic heterocycles. The van der Waals surface area contributed by atoms with Crippen molar-refractivity contribution in [1.29, 1.82) is 0 Å². The highest BCUT2D eigenvalue weighted by Gasteiger charge is 2.13. The lowest BCUT2D eigenvalue weighted by Crippen LogP contribution is -2.35. The van der Waals surface area contributed by atoms with Gasteiger partial charge in [0.1, 0.15) is 5.75 Å². The smallest absolute Gasteiger partial charge is 0.255 e. The van der Waals surface area contributed by atoms with Crippen LogP contribution < -0.4 is 15.8 Å². The average Bonchev–Trinajstić information content (AvgIpc) is 2.52. The standard InChI is InChI=1S/C17H29N3O2/c1-4-7-12-22-16-13-14(18)8-9-15(16)17(21)19-10-11-20(5-2)6-3/h8-9,13H,4-7,10-12,18H2,1-3H3,(H,19,21). The average molecular weight is 307 g/mol. The summed E-state index contributed by atoms with van der Waals surface area (Å²) in [6, 6.07) is 5.17. The van der Waals surface area contributed by atoms with Gasteiger partial charge in [-0.2, -0.15) is 0 Å². The molecule has 0 bridgehead atoms. The first-order valence-corrected chi connectivity index (χ1v) is 8.15. The van der Waals surface area contributed by atoms with Gasteiger partial charge in [-0.3, -0.25) is 4.79 Å². The molecule has 1 amide bonds. The summed E-state index contributed by atoms with van der Waals surface area (Å²) >= 11 is 0. The highest BCUT2D eigenvalue weighted by molar-refractivity contribution is 5.97. The minimum atomic E-state index is -0.112. The Hall–Kier alpha value is -1.75. The van der Waals surface area contributed by atoms with Crippen LogP contribution >= 0.6 is 0 Å². The van der Waals surface area contributed by atoms with Gasteiger partial charge < -0.3 is 20.7 Å². The Bertz CT molecular complexity index is 459. The molecular formula is C17H29N3O2. The predicted octanol–water partition coefficient (Wildman–Crippen LogP) is 2.52. The van der Waals surface area contributed by atoms with Crippen LogP contribution in [0.3, 0.4) is 0 Å². The highest BCUT2D eigenvalue weighted by Crippen LogP contribution is 2.22. The Labute approximate surface area is 133 Å². The number of likely N-dealkylation sites (N-methyl/N-ethyl adjacent to an activating group) is 1. The molecule has 0 atom stereocenters. The van der Waals surface area contributed by atoms with Crippen molar-refractivity contribution in [1.82, 2.24) is 10.2 Å². The Kier molecular flexibility index (Phi) is 8.36. The summed E-state index contributed by atoms with van der Waals surface area (Å²) in [5.74, 6) is 0.451. The molecule has 0 heterocycles. The molecule has 5 nitrogen and oxygen atoms in total. The second-order valence-electron chi connectivity index (χ2n) is 5.24. The molecule has 1 rings (SSSR count). The van der Waals surface area contributed by atoms with Crippen molar-refractivity contribution >= 4 is 11.6 Å². The molecule has 0 saturated heterocycles. The summed E-state index contributed by atoms with van der Waals surface area (Å²) in [6.07, 6.45) is 2.01. The van der Waals surface area contributed by atoms with E-state index in [4.69, 9.17) is 10.5 Å². The number of nitrogen functional groups attached to an aromatic ring is 1. The molecule has 0 aromatic heterocycles. The molecule has 0 saturated carbocycles. The number of carbonyl (C=O) groups is 1. The van der Waals surface area contributed by atoms with E-state index in [1.165, 1.54) is 0 Å². The molecular weight excluding hydrogens is 278 g/mol. The van der Waals surface area contributed by atoms with Gasteiger partial charge in [-0.05, 0) is 31.6 Å². The van der Waals surface area contributed by atoms with Gasteiger partial charge in [-0.15, -0.1) is 0 Å². The summed E-state index contributed by atoms with van der Waals surface area (Å²) in [5.41, 5.74) is 6.94. The van der Waals surface area contributed by atoms with Crippen LogP contribution in [0.5, 0.6) is 5.75 Å². The molecule has 0 aliphatic carbocycles. The second-order valence-corrected chi connectivity index (χ2v) is 5.24. The predicted molar refractivity (Wildman–Crippen MR) is 91.4 cm³/mol. The van der Waals surface area contributed by atoms with Crippen LogP contribution in [0, 0.1) is 0 Å². The SMILES string of the molecule is CCCCOc1cc(N)ccc1C(=O)NCCN(CC)CC. The molecule has 0 radical (unpaired) electrons. The van der Waals surface area contributed by atoms with Crippen LogP contribution in [0.4, 0.5) is 5.69 Å². The minimum absolute atomic E-state index is 0.112. The second kappa shape index (κ2) is 10.1. The molecule has 0 unspecified atom stereocenters. The van der Waals surface area contributed by atoms with E-state index in [0.717, 1.165) is 32.5 Å². The molecule has 3 N–H and O–H groups in total. The summed E-state index contributed by atoms with van der Waals surface area (Å²) in [4.78, 5) is 14.6. The van der Waals surface area contributed by atoms with E-state index >= 15 is 0 Å². The Morgan fingerprint density at radius 2 is 2.00 bits per heavy atom. The van der Waals surface area contributed by atoms with Gasteiger partial charge in [-0.1, -0.05) is 27.2 Å². The lowest BCUT2D eigenvalue weighted by atomic mass is 10.1. The summed E-state index contributed by atoms with van der Waals surface area (Å²) < 4.78 is 5.70. The summed E-state index contributed by atoms with van der Waals surface area (Å²) in [5, 5.41) is 2.95. The fourth-order valence-corrected chi connectivity index (χ4v) is 2.14. The Morgan fingerprint density at radius 3 is 2.64 bits per heavy atom. The van der Waals surface area contributed by atoms with Gasteiger partial charge >= 0.3 is 0 Å². The number of nitrogens with one attached hydrogen (secondary N) is 1. The fraction of sp³-hybridized carbons (Fsp3) is 0.588. The van der Waals surface area contributed by atoms with E-state index in [1.54, 1.807) is 18.2 Å². The van der Waals surface area contributed by atoms with Gasteiger partial charge in [0.25, 0.3) is 5.91 Å². The number of hydrogen-bond donors (Lipinski definition) is 2. The Balaban J connectivity index is 2.63. The van der Waals surface area contributed by atoms with E-state index in [9.17, 15) is 4.79 Å². The molecule has 22 heavy (non-hydrogen) atoms. The number of nitrogens with two attached hydrogens (primary N) is 1. The first kappa shape index (κ1) is 18.3. The first-order valence-electron chi connectivity index (χ1n) is 8.15. The van der Waals surface area contributed by atoms with Gasteiger partial charge in [0.15, 0.2) is 0 Å². The number of rotatable bonds is 10. The zero-order chi connectivity index (χ0) is 16.4. The van der Waals surface area contributed by atoms with E-state index in [2.05, 4.69) is 31.0 Å². The van der Waals surface area contributed by atoms with Crippen molar-refractivity contribution in [3.63, 3.8) is 0 Å². The number of ether oxygens (including phenoxy) is 1. The molecule has 1 aromatic carbocycles. The fourth-order valence-electron chi connectivity index (χ4n) is 2.14. The summed E-state index contributed by atoms with van der Waals surface area (Å²) in [7, 11) is 0. The van der Waals surface area contributed by atoms with Gasteiger partial charge in [0.2, 0.25) is 0 Å². The van der Waals surface area contributed by atoms with Crippen molar-refractivity contribution in [3.05, 3.63) is 23.8 Å². The normalized spacial score (nSPS) is 10.7. The van der Waals surface area contributed by atoms with Gasteiger partial charge in [-0.25, -0.2) is 0 Å². The third-order valence-electron chi connectivity index (χ3n) is 3.61. The Morgan fingerprint density at radius 1 is 1.27 bits per heavy atom. The monoisotopic (exact) mass is 307 g/mol. The van der Waals surface area contributed by atoms with Crippen LogP contribution in [0.1, 0.15) is 44.0 Å². The number of amides is 1. The maximum Gasteiger partial charge on any atom is 0.255 e. The molecule has 0 fully saturated rings. The zero-order valence-corrected chi connectivity index (χ0v) is 14.0. The van der Waals surface area contributed by atoms with Gasteiger partial charge in [0.05, 0.1) is 12.2 Å². The molecule has 1 aromatic rings. The number of nitrogens with zero attached hydrogens (tertiary/aromatic N) is 1. The lowest BCUT2D eigenvalue weighted by molar-refractivity contribution is 0.0945. The summed E-state index contributed by atoms with van der Waals surface area (Å²) in [6.45, 7) is 10.4. The molecule has 124 valence electrons. The minimum Gasteiger partial charge on any atom is -0.493 e. The van der Waals surface area contributed by atoms with Crippen molar-refractivity contribution < 1.29 is 9.53 Å². The number of hydrogen-bond acceptors (Lipinski definition) is 4. The largest absolute Gasteiger partial charge is 0.493 e. The maximum absolute atomic E-state index is 12.3. The van der Waals surface area contributed by atoms with E-state index in [1.807, 2.05) is 0 Å². The van der Waals surface area contributed by atoms with Crippen LogP contribution in [0.25, 0.3) is 0 Å². The van der Waals surface area contributed by atoms with Crippen molar-refractivity contribution in [3.8, 4) is 5.75 Å². The lowest BCUT2D eigenvalue weighted by Gasteiger charge is -2.18. The van der Waals surface area contributed by atoms with Crippen LogP contribution in [0.15, 0.2) is 18.2 Å². The van der Waals surface area contributed by atoms with Crippen molar-refractivity contribution in [2.45, 2.75) is 33.6 Å². The van der Waals surface area contributed by atoms with Crippen molar-refractivity contribution in [2.24, 2.45) is 0 Å². The quantitative estimate of drug-likeness (QED) is 0.515. The van der Waals surface area contributed by atoms with E-state index in [-0.39, 0.29) is 5.91 Å². The topological polar surface area (TPSA) is 67.6 Å². The van der Waals surface area contributed by atoms with Crippen LogP contribution in [-0.4, -0.2) is 43.6 Å². The van der Waals surface area contributed by atoms with Crippen molar-refractivity contribution in [2.75, 3.05) is 38.5 Å². The zero-order valence-electron chi connectivity index (χ0n) is 14.0. The first-order chi connectivity index (χ1) is 10.6. The highest BCUT2D eigenvalue weighted by atomic mass is 16.5. The number of anilines is 1. The maximum atomic E-state index is 12.3.